The Bertz CT molecular complexity index is 471. The van der Waals surface area contributed by atoms with Crippen molar-refractivity contribution in [3.63, 3.8) is 0 Å². The molecule has 4 nitrogen and oxygen atoms in total. The third kappa shape index (κ3) is 1.89. The van der Waals surface area contributed by atoms with Crippen molar-refractivity contribution in [1.82, 2.24) is 14.8 Å². The van der Waals surface area contributed by atoms with E-state index in [9.17, 15) is 4.79 Å². The molecule has 1 aromatic heterocycles. The molecule has 0 aliphatic carbocycles. The molecule has 2 atom stereocenters. The van der Waals surface area contributed by atoms with E-state index in [1.165, 1.54) is 0 Å². The number of halogens is 1. The first kappa shape index (κ1) is 12.2. The average molecular weight is 312 g/mol. The van der Waals surface area contributed by atoms with Crippen molar-refractivity contribution in [2.45, 2.75) is 25.9 Å². The minimum atomic E-state index is 0.179. The fourth-order valence-electron chi connectivity index (χ4n) is 3.16. The number of carbonyl (C=O) groups excluding carboxylic acids is 1. The molecule has 0 saturated carbocycles. The van der Waals surface area contributed by atoms with E-state index in [-0.39, 0.29) is 5.91 Å². The SMILES string of the molecule is CCn1cc(Br)cc1C(=O)N1CC[C@@H]2CNC[C@@H]21. The predicted octanol–water partition coefficient (Wildman–Crippen LogP) is 1.70. The molecule has 2 aliphatic rings. The largest absolute Gasteiger partial charge is 0.343 e. The summed E-state index contributed by atoms with van der Waals surface area (Å²) in [5.41, 5.74) is 0.803. The van der Waals surface area contributed by atoms with Crippen molar-refractivity contribution in [2.24, 2.45) is 5.92 Å². The number of hydrogen-bond donors (Lipinski definition) is 1. The van der Waals surface area contributed by atoms with Crippen LogP contribution < -0.4 is 5.32 Å². The van der Waals surface area contributed by atoms with Gasteiger partial charge >= 0.3 is 0 Å². The second-order valence-electron chi connectivity index (χ2n) is 5.10. The lowest BCUT2D eigenvalue weighted by atomic mass is 10.1. The zero-order chi connectivity index (χ0) is 12.7. The Morgan fingerprint density at radius 2 is 2.39 bits per heavy atom. The van der Waals surface area contributed by atoms with E-state index in [2.05, 4.69) is 33.1 Å². The molecule has 0 spiro atoms. The van der Waals surface area contributed by atoms with E-state index in [0.29, 0.717) is 12.0 Å². The fourth-order valence-corrected chi connectivity index (χ4v) is 3.63. The Morgan fingerprint density at radius 1 is 1.56 bits per heavy atom. The summed E-state index contributed by atoms with van der Waals surface area (Å²) in [6.07, 6.45) is 3.12. The molecule has 0 bridgehead atoms. The number of aryl methyl sites for hydroxylation is 1. The van der Waals surface area contributed by atoms with Crippen molar-refractivity contribution in [1.29, 1.82) is 0 Å². The van der Waals surface area contributed by atoms with Crippen molar-refractivity contribution < 1.29 is 4.79 Å². The Labute approximate surface area is 115 Å². The molecule has 2 saturated heterocycles. The number of carbonyl (C=O) groups is 1. The molecular formula is C13H18BrN3O. The highest BCUT2D eigenvalue weighted by molar-refractivity contribution is 9.10. The van der Waals surface area contributed by atoms with Gasteiger partial charge in [-0.05, 0) is 41.3 Å². The second-order valence-corrected chi connectivity index (χ2v) is 6.02. The van der Waals surface area contributed by atoms with Gasteiger partial charge in [-0.2, -0.15) is 0 Å². The molecule has 98 valence electrons. The highest BCUT2D eigenvalue weighted by Gasteiger charge is 2.40. The minimum absolute atomic E-state index is 0.179. The molecule has 3 rings (SSSR count). The maximum Gasteiger partial charge on any atom is 0.270 e. The van der Waals surface area contributed by atoms with Gasteiger partial charge in [0.2, 0.25) is 0 Å². The number of nitrogens with one attached hydrogen (secondary N) is 1. The molecule has 1 aromatic rings. The first-order valence-corrected chi connectivity index (χ1v) is 7.37. The third-order valence-corrected chi connectivity index (χ3v) is 4.56. The number of nitrogens with zero attached hydrogens (tertiary/aromatic N) is 2. The molecule has 2 fully saturated rings. The third-order valence-electron chi connectivity index (χ3n) is 4.13. The summed E-state index contributed by atoms with van der Waals surface area (Å²) in [6, 6.07) is 2.33. The summed E-state index contributed by atoms with van der Waals surface area (Å²) in [4.78, 5) is 14.7. The molecule has 0 unspecified atom stereocenters. The Morgan fingerprint density at radius 3 is 3.17 bits per heavy atom. The molecule has 0 radical (unpaired) electrons. The lowest BCUT2D eigenvalue weighted by Crippen LogP contribution is -2.39. The van der Waals surface area contributed by atoms with Gasteiger partial charge in [0.25, 0.3) is 5.91 Å². The van der Waals surface area contributed by atoms with Crippen LogP contribution >= 0.6 is 15.9 Å². The van der Waals surface area contributed by atoms with Gasteiger partial charge in [0.05, 0.1) is 0 Å². The number of amides is 1. The second kappa shape index (κ2) is 4.70. The summed E-state index contributed by atoms with van der Waals surface area (Å²) in [7, 11) is 0. The summed E-state index contributed by atoms with van der Waals surface area (Å²) in [5.74, 6) is 0.834. The molecule has 18 heavy (non-hydrogen) atoms. The van der Waals surface area contributed by atoms with Crippen molar-refractivity contribution in [3.8, 4) is 0 Å². The standard InChI is InChI=1S/C13H18BrN3O/c1-2-16-8-10(14)5-11(16)13(18)17-4-3-9-6-15-7-12(9)17/h5,8-9,12,15H,2-4,6-7H2,1H3/t9-,12+/m1/s1. The van der Waals surface area contributed by atoms with Gasteiger partial charge in [-0.3, -0.25) is 4.79 Å². The highest BCUT2D eigenvalue weighted by atomic mass is 79.9. The summed E-state index contributed by atoms with van der Waals surface area (Å²) < 4.78 is 3.00. The number of aromatic nitrogens is 1. The smallest absolute Gasteiger partial charge is 0.270 e. The Kier molecular flexibility index (Phi) is 3.20. The minimum Gasteiger partial charge on any atom is -0.343 e. The van der Waals surface area contributed by atoms with E-state index in [4.69, 9.17) is 0 Å². The average Bonchev–Trinajstić information content (AvgIpc) is 3.01. The van der Waals surface area contributed by atoms with Crippen LogP contribution in [0.25, 0.3) is 0 Å². The maximum absolute atomic E-state index is 12.6. The zero-order valence-electron chi connectivity index (χ0n) is 10.5. The molecule has 5 heteroatoms. The maximum atomic E-state index is 12.6. The van der Waals surface area contributed by atoms with E-state index >= 15 is 0 Å². The van der Waals surface area contributed by atoms with Gasteiger partial charge in [-0.15, -0.1) is 0 Å². The lowest BCUT2D eigenvalue weighted by Gasteiger charge is -2.23. The van der Waals surface area contributed by atoms with Gasteiger partial charge in [0.1, 0.15) is 5.69 Å². The molecule has 1 N–H and O–H groups in total. The van der Waals surface area contributed by atoms with Crippen LogP contribution in [0.15, 0.2) is 16.7 Å². The number of fused-ring (bicyclic) bond motifs is 1. The predicted molar refractivity (Wildman–Crippen MR) is 73.6 cm³/mol. The summed E-state index contributed by atoms with van der Waals surface area (Å²) >= 11 is 3.45. The van der Waals surface area contributed by atoms with E-state index in [1.807, 2.05) is 16.8 Å². The van der Waals surface area contributed by atoms with Crippen LogP contribution in [0.2, 0.25) is 0 Å². The van der Waals surface area contributed by atoms with E-state index < -0.39 is 0 Å². The van der Waals surface area contributed by atoms with Gasteiger partial charge in [-0.1, -0.05) is 0 Å². The van der Waals surface area contributed by atoms with Crippen molar-refractivity contribution in [3.05, 3.63) is 22.4 Å². The van der Waals surface area contributed by atoms with Crippen LogP contribution in [0.5, 0.6) is 0 Å². The highest BCUT2D eigenvalue weighted by Crippen LogP contribution is 2.29. The van der Waals surface area contributed by atoms with Gasteiger partial charge in [0, 0.05) is 42.9 Å². The van der Waals surface area contributed by atoms with Crippen LogP contribution in [-0.4, -0.2) is 41.1 Å². The normalized spacial score (nSPS) is 26.7. The number of likely N-dealkylation sites (tertiary alicyclic amines) is 1. The number of hydrogen-bond acceptors (Lipinski definition) is 2. The zero-order valence-corrected chi connectivity index (χ0v) is 12.1. The van der Waals surface area contributed by atoms with Crippen LogP contribution in [-0.2, 0) is 6.54 Å². The summed E-state index contributed by atoms with van der Waals surface area (Å²) in [6.45, 7) is 5.81. The van der Waals surface area contributed by atoms with Gasteiger partial charge in [0.15, 0.2) is 0 Å². The lowest BCUT2D eigenvalue weighted by molar-refractivity contribution is 0.0726. The van der Waals surface area contributed by atoms with E-state index in [1.54, 1.807) is 0 Å². The number of rotatable bonds is 2. The van der Waals surface area contributed by atoms with E-state index in [0.717, 1.165) is 42.8 Å². The van der Waals surface area contributed by atoms with Crippen LogP contribution in [0.4, 0.5) is 0 Å². The molecule has 3 heterocycles. The molecule has 0 aromatic carbocycles. The van der Waals surface area contributed by atoms with Crippen LogP contribution in [0, 0.1) is 5.92 Å². The van der Waals surface area contributed by atoms with Gasteiger partial charge in [-0.25, -0.2) is 0 Å². The summed E-state index contributed by atoms with van der Waals surface area (Å²) in [5, 5.41) is 3.38. The molecule has 1 amide bonds. The molecule has 2 aliphatic heterocycles. The van der Waals surface area contributed by atoms with Crippen molar-refractivity contribution >= 4 is 21.8 Å². The fraction of sp³-hybridized carbons (Fsp3) is 0.615. The van der Waals surface area contributed by atoms with Gasteiger partial charge < -0.3 is 14.8 Å². The topological polar surface area (TPSA) is 37.3 Å². The molecular weight excluding hydrogens is 294 g/mol. The van der Waals surface area contributed by atoms with Crippen LogP contribution in [0.3, 0.4) is 0 Å². The first-order chi connectivity index (χ1) is 8.70. The monoisotopic (exact) mass is 311 g/mol. The first-order valence-electron chi connectivity index (χ1n) is 6.58. The van der Waals surface area contributed by atoms with Crippen molar-refractivity contribution in [2.75, 3.05) is 19.6 Å². The Balaban J connectivity index is 1.85. The Hall–Kier alpha value is -0.810. The quantitative estimate of drug-likeness (QED) is 0.903. The van der Waals surface area contributed by atoms with Crippen LogP contribution in [0.1, 0.15) is 23.8 Å².